The third-order valence-electron chi connectivity index (χ3n) is 4.04. The quantitative estimate of drug-likeness (QED) is 0.752. The molecular formula is C13H26N2. The second-order valence-electron chi connectivity index (χ2n) is 5.45. The highest BCUT2D eigenvalue weighted by Crippen LogP contribution is 2.24. The van der Waals surface area contributed by atoms with Crippen LogP contribution in [0.5, 0.6) is 0 Å². The number of nitrogens with zero attached hydrogens (tertiary/aromatic N) is 1. The van der Waals surface area contributed by atoms with Gasteiger partial charge in [-0.3, -0.25) is 0 Å². The summed E-state index contributed by atoms with van der Waals surface area (Å²) in [6.07, 6.45) is 8.74. The van der Waals surface area contributed by atoms with Gasteiger partial charge >= 0.3 is 0 Å². The molecule has 0 aromatic heterocycles. The molecule has 2 heteroatoms. The van der Waals surface area contributed by atoms with E-state index in [1.165, 1.54) is 64.7 Å². The van der Waals surface area contributed by atoms with Crippen molar-refractivity contribution in [1.82, 2.24) is 10.2 Å². The van der Waals surface area contributed by atoms with Crippen molar-refractivity contribution in [1.29, 1.82) is 0 Å². The molecule has 1 saturated carbocycles. The summed E-state index contributed by atoms with van der Waals surface area (Å²) in [6, 6.07) is 0.723. The lowest BCUT2D eigenvalue weighted by molar-refractivity contribution is 0.210. The maximum atomic E-state index is 3.57. The summed E-state index contributed by atoms with van der Waals surface area (Å²) >= 11 is 0. The predicted octanol–water partition coefficient (Wildman–Crippen LogP) is 2.25. The molecule has 1 heterocycles. The molecule has 2 nitrogen and oxygen atoms in total. The largest absolute Gasteiger partial charge is 0.313 e. The molecule has 1 aliphatic carbocycles. The van der Waals surface area contributed by atoms with Crippen LogP contribution in [0.3, 0.4) is 0 Å². The van der Waals surface area contributed by atoms with E-state index in [-0.39, 0.29) is 0 Å². The molecule has 2 aliphatic rings. The molecule has 0 bridgehead atoms. The van der Waals surface area contributed by atoms with Crippen LogP contribution < -0.4 is 5.32 Å². The van der Waals surface area contributed by atoms with Gasteiger partial charge in [-0.1, -0.05) is 19.3 Å². The van der Waals surface area contributed by atoms with E-state index in [0.717, 1.165) is 12.0 Å². The minimum atomic E-state index is 0.723. The normalized spacial score (nSPS) is 31.4. The first-order valence-corrected chi connectivity index (χ1v) is 6.80. The van der Waals surface area contributed by atoms with Gasteiger partial charge in [-0.25, -0.2) is 0 Å². The first kappa shape index (κ1) is 11.4. The molecule has 1 saturated heterocycles. The molecule has 2 rings (SSSR count). The zero-order valence-electron chi connectivity index (χ0n) is 10.2. The van der Waals surface area contributed by atoms with Crippen LogP contribution in [0.25, 0.3) is 0 Å². The average Bonchev–Trinajstić information content (AvgIpc) is 2.46. The summed E-state index contributed by atoms with van der Waals surface area (Å²) in [5.74, 6) is 1.01. The standard InChI is InChI=1S/C13H26N2/c1-12-7-9-15(10-8-14-12)11-13-5-3-2-4-6-13/h12-14H,2-11H2,1H3. The van der Waals surface area contributed by atoms with Crippen molar-refractivity contribution in [2.75, 3.05) is 26.2 Å². The summed E-state index contributed by atoms with van der Waals surface area (Å²) in [4.78, 5) is 2.69. The second kappa shape index (κ2) is 5.86. The lowest BCUT2D eigenvalue weighted by Gasteiger charge is -2.28. The fourth-order valence-electron chi connectivity index (χ4n) is 2.98. The maximum Gasteiger partial charge on any atom is 0.0107 e. The fourth-order valence-corrected chi connectivity index (χ4v) is 2.98. The molecule has 0 aromatic rings. The zero-order valence-corrected chi connectivity index (χ0v) is 10.2. The highest BCUT2D eigenvalue weighted by Gasteiger charge is 2.19. The summed E-state index contributed by atoms with van der Waals surface area (Å²) in [5, 5.41) is 3.57. The Morgan fingerprint density at radius 3 is 2.67 bits per heavy atom. The lowest BCUT2D eigenvalue weighted by atomic mass is 9.89. The van der Waals surface area contributed by atoms with E-state index >= 15 is 0 Å². The van der Waals surface area contributed by atoms with Gasteiger partial charge in [0.1, 0.15) is 0 Å². The highest BCUT2D eigenvalue weighted by molar-refractivity contribution is 4.75. The number of rotatable bonds is 2. The van der Waals surface area contributed by atoms with Crippen molar-refractivity contribution in [3.8, 4) is 0 Å². The van der Waals surface area contributed by atoms with Gasteiger partial charge < -0.3 is 10.2 Å². The van der Waals surface area contributed by atoms with Gasteiger partial charge in [0, 0.05) is 25.7 Å². The van der Waals surface area contributed by atoms with Crippen LogP contribution >= 0.6 is 0 Å². The monoisotopic (exact) mass is 210 g/mol. The Kier molecular flexibility index (Phi) is 4.45. The van der Waals surface area contributed by atoms with E-state index in [1.54, 1.807) is 0 Å². The van der Waals surface area contributed by atoms with Gasteiger partial charge in [-0.2, -0.15) is 0 Å². The van der Waals surface area contributed by atoms with Gasteiger partial charge in [0.05, 0.1) is 0 Å². The minimum absolute atomic E-state index is 0.723. The third-order valence-corrected chi connectivity index (χ3v) is 4.04. The van der Waals surface area contributed by atoms with Crippen molar-refractivity contribution >= 4 is 0 Å². The predicted molar refractivity (Wildman–Crippen MR) is 65.1 cm³/mol. The summed E-state index contributed by atoms with van der Waals surface area (Å²) < 4.78 is 0. The Bertz CT molecular complexity index is 175. The smallest absolute Gasteiger partial charge is 0.0107 e. The Morgan fingerprint density at radius 2 is 1.87 bits per heavy atom. The number of nitrogens with one attached hydrogen (secondary N) is 1. The molecule has 0 amide bonds. The summed E-state index contributed by atoms with van der Waals surface area (Å²) in [5.41, 5.74) is 0. The van der Waals surface area contributed by atoms with E-state index in [2.05, 4.69) is 17.1 Å². The fraction of sp³-hybridized carbons (Fsp3) is 1.00. The van der Waals surface area contributed by atoms with Gasteiger partial charge in [-0.05, 0) is 38.6 Å². The first-order chi connectivity index (χ1) is 7.34. The Hall–Kier alpha value is -0.0800. The molecular weight excluding hydrogens is 184 g/mol. The van der Waals surface area contributed by atoms with Crippen molar-refractivity contribution in [2.24, 2.45) is 5.92 Å². The van der Waals surface area contributed by atoms with E-state index < -0.39 is 0 Å². The Balaban J connectivity index is 1.72. The average molecular weight is 210 g/mol. The zero-order chi connectivity index (χ0) is 10.5. The van der Waals surface area contributed by atoms with E-state index in [4.69, 9.17) is 0 Å². The van der Waals surface area contributed by atoms with Crippen molar-refractivity contribution in [3.63, 3.8) is 0 Å². The van der Waals surface area contributed by atoms with E-state index in [9.17, 15) is 0 Å². The summed E-state index contributed by atoms with van der Waals surface area (Å²) in [6.45, 7) is 7.44. The van der Waals surface area contributed by atoms with Crippen LogP contribution in [0.1, 0.15) is 45.4 Å². The first-order valence-electron chi connectivity index (χ1n) is 6.80. The van der Waals surface area contributed by atoms with Crippen LogP contribution in [0.15, 0.2) is 0 Å². The van der Waals surface area contributed by atoms with Crippen molar-refractivity contribution < 1.29 is 0 Å². The molecule has 2 fully saturated rings. The van der Waals surface area contributed by atoms with Crippen molar-refractivity contribution in [3.05, 3.63) is 0 Å². The third kappa shape index (κ3) is 3.76. The minimum Gasteiger partial charge on any atom is -0.313 e. The molecule has 88 valence electrons. The SMILES string of the molecule is CC1CCN(CC2CCCCC2)CCN1. The van der Waals surface area contributed by atoms with Crippen LogP contribution in [-0.4, -0.2) is 37.1 Å². The van der Waals surface area contributed by atoms with Gasteiger partial charge in [0.25, 0.3) is 0 Å². The van der Waals surface area contributed by atoms with Crippen molar-refractivity contribution in [2.45, 2.75) is 51.5 Å². The van der Waals surface area contributed by atoms with E-state index in [0.29, 0.717) is 0 Å². The van der Waals surface area contributed by atoms with Crippen LogP contribution in [-0.2, 0) is 0 Å². The molecule has 0 aromatic carbocycles. The Morgan fingerprint density at radius 1 is 1.07 bits per heavy atom. The van der Waals surface area contributed by atoms with Crippen LogP contribution in [0.4, 0.5) is 0 Å². The van der Waals surface area contributed by atoms with Crippen LogP contribution in [0, 0.1) is 5.92 Å². The molecule has 1 unspecified atom stereocenters. The molecule has 15 heavy (non-hydrogen) atoms. The molecule has 0 radical (unpaired) electrons. The molecule has 0 spiro atoms. The van der Waals surface area contributed by atoms with Crippen LogP contribution in [0.2, 0.25) is 0 Å². The van der Waals surface area contributed by atoms with Gasteiger partial charge in [0.2, 0.25) is 0 Å². The number of hydrogen-bond donors (Lipinski definition) is 1. The topological polar surface area (TPSA) is 15.3 Å². The molecule has 1 atom stereocenters. The number of hydrogen-bond acceptors (Lipinski definition) is 2. The second-order valence-corrected chi connectivity index (χ2v) is 5.45. The molecule has 1 N–H and O–H groups in total. The van der Waals surface area contributed by atoms with Gasteiger partial charge in [-0.15, -0.1) is 0 Å². The lowest BCUT2D eigenvalue weighted by Crippen LogP contribution is -2.33. The molecule has 1 aliphatic heterocycles. The maximum absolute atomic E-state index is 3.57. The Labute approximate surface area is 94.4 Å². The highest BCUT2D eigenvalue weighted by atomic mass is 15.2. The summed E-state index contributed by atoms with van der Waals surface area (Å²) in [7, 11) is 0. The van der Waals surface area contributed by atoms with E-state index in [1.807, 2.05) is 0 Å². The van der Waals surface area contributed by atoms with Gasteiger partial charge in [0.15, 0.2) is 0 Å².